The van der Waals surface area contributed by atoms with Gasteiger partial charge in [0.15, 0.2) is 0 Å². The molecule has 1 nitrogen and oxygen atoms in total. The van der Waals surface area contributed by atoms with E-state index in [1.165, 1.54) is 6.42 Å². The highest BCUT2D eigenvalue weighted by Gasteiger charge is 2.18. The molecule has 3 heteroatoms. The zero-order valence-electron chi connectivity index (χ0n) is 12.3. The zero-order valence-corrected chi connectivity index (χ0v) is 13.9. The molecule has 0 aromatic heterocycles. The van der Waals surface area contributed by atoms with Gasteiger partial charge in [0.2, 0.25) is 0 Å². The lowest BCUT2D eigenvalue weighted by molar-refractivity contribution is 0.285. The normalized spacial score (nSPS) is 15.3. The van der Waals surface area contributed by atoms with Crippen molar-refractivity contribution in [1.82, 2.24) is 0 Å². The Hall–Kier alpha value is -0.240. The Morgan fingerprint density at radius 3 is 2.37 bits per heavy atom. The van der Waals surface area contributed by atoms with Gasteiger partial charge < -0.3 is 5.73 Å². The van der Waals surface area contributed by atoms with E-state index < -0.39 is 0 Å². The Morgan fingerprint density at radius 2 is 1.84 bits per heavy atom. The minimum Gasteiger partial charge on any atom is -0.327 e. The van der Waals surface area contributed by atoms with Gasteiger partial charge in [0.05, 0.1) is 0 Å². The van der Waals surface area contributed by atoms with Crippen molar-refractivity contribution in [2.75, 3.05) is 0 Å². The second-order valence-electron chi connectivity index (χ2n) is 6.81. The van der Waals surface area contributed by atoms with Gasteiger partial charge in [0, 0.05) is 16.1 Å². The molecule has 0 bridgehead atoms. The van der Waals surface area contributed by atoms with Crippen molar-refractivity contribution < 1.29 is 0 Å². The predicted octanol–water partition coefficient (Wildman–Crippen LogP) is 5.33. The number of nitrogens with two attached hydrogens (primary N) is 1. The second-order valence-corrected chi connectivity index (χ2v) is 7.65. The van der Waals surface area contributed by atoms with E-state index in [1.54, 1.807) is 6.07 Å². The summed E-state index contributed by atoms with van der Waals surface area (Å²) in [6.07, 6.45) is 3.02. The first kappa shape index (κ1) is 16.8. The SMILES string of the molecule is CC(CC(N)Cc1ccc(Cl)cc1Cl)CC(C)(C)C. The maximum atomic E-state index is 6.24. The van der Waals surface area contributed by atoms with Crippen LogP contribution in [0.25, 0.3) is 0 Å². The van der Waals surface area contributed by atoms with E-state index in [-0.39, 0.29) is 6.04 Å². The fourth-order valence-electron chi connectivity index (χ4n) is 2.70. The zero-order chi connectivity index (χ0) is 14.6. The molecule has 19 heavy (non-hydrogen) atoms. The third-order valence-corrected chi connectivity index (χ3v) is 3.75. The first-order valence-electron chi connectivity index (χ1n) is 6.87. The molecule has 0 saturated heterocycles. The summed E-state index contributed by atoms with van der Waals surface area (Å²) in [4.78, 5) is 0. The third kappa shape index (κ3) is 6.65. The molecule has 0 aliphatic rings. The summed E-state index contributed by atoms with van der Waals surface area (Å²) >= 11 is 12.1. The predicted molar refractivity (Wildman–Crippen MR) is 86.0 cm³/mol. The number of halogens is 2. The molecule has 0 amide bonds. The van der Waals surface area contributed by atoms with E-state index >= 15 is 0 Å². The van der Waals surface area contributed by atoms with Gasteiger partial charge in [-0.2, -0.15) is 0 Å². The molecule has 108 valence electrons. The Bertz CT molecular complexity index is 410. The molecule has 1 aromatic rings. The van der Waals surface area contributed by atoms with Crippen LogP contribution in [0, 0.1) is 11.3 Å². The molecule has 0 heterocycles. The summed E-state index contributed by atoms with van der Waals surface area (Å²) in [6.45, 7) is 9.08. The molecule has 0 aliphatic heterocycles. The summed E-state index contributed by atoms with van der Waals surface area (Å²) in [6, 6.07) is 5.77. The van der Waals surface area contributed by atoms with Gasteiger partial charge in [-0.1, -0.05) is 57.0 Å². The van der Waals surface area contributed by atoms with Crippen molar-refractivity contribution in [3.63, 3.8) is 0 Å². The number of hydrogen-bond acceptors (Lipinski definition) is 1. The van der Waals surface area contributed by atoms with E-state index in [0.29, 0.717) is 21.4 Å². The van der Waals surface area contributed by atoms with Crippen LogP contribution < -0.4 is 5.73 Å². The highest BCUT2D eigenvalue weighted by atomic mass is 35.5. The van der Waals surface area contributed by atoms with Crippen molar-refractivity contribution in [1.29, 1.82) is 0 Å². The largest absolute Gasteiger partial charge is 0.327 e. The molecule has 2 N–H and O–H groups in total. The Kier molecular flexibility index (Phi) is 6.16. The number of rotatable bonds is 5. The lowest BCUT2D eigenvalue weighted by atomic mass is 9.82. The molecule has 0 radical (unpaired) electrons. The summed E-state index contributed by atoms with van der Waals surface area (Å²) in [7, 11) is 0. The van der Waals surface area contributed by atoms with Gasteiger partial charge in [0.25, 0.3) is 0 Å². The molecule has 2 unspecified atom stereocenters. The molecule has 0 spiro atoms. The van der Waals surface area contributed by atoms with Gasteiger partial charge in [-0.05, 0) is 48.3 Å². The molecule has 2 atom stereocenters. The summed E-state index contributed by atoms with van der Waals surface area (Å²) < 4.78 is 0. The minimum absolute atomic E-state index is 0.149. The van der Waals surface area contributed by atoms with Crippen molar-refractivity contribution in [3.8, 4) is 0 Å². The van der Waals surface area contributed by atoms with Gasteiger partial charge in [-0.25, -0.2) is 0 Å². The number of benzene rings is 1. The van der Waals surface area contributed by atoms with Crippen LogP contribution in [0.2, 0.25) is 10.0 Å². The van der Waals surface area contributed by atoms with E-state index in [1.807, 2.05) is 12.1 Å². The first-order valence-corrected chi connectivity index (χ1v) is 7.62. The maximum Gasteiger partial charge on any atom is 0.0453 e. The molecule has 0 fully saturated rings. The Morgan fingerprint density at radius 1 is 1.21 bits per heavy atom. The maximum absolute atomic E-state index is 6.24. The quantitative estimate of drug-likeness (QED) is 0.782. The highest BCUT2D eigenvalue weighted by Crippen LogP contribution is 2.28. The Balaban J connectivity index is 2.53. The fraction of sp³-hybridized carbons (Fsp3) is 0.625. The molecule has 0 aliphatic carbocycles. The average Bonchev–Trinajstić information content (AvgIpc) is 2.19. The van der Waals surface area contributed by atoms with Crippen LogP contribution in [0.15, 0.2) is 18.2 Å². The molecular weight excluding hydrogens is 277 g/mol. The van der Waals surface area contributed by atoms with Crippen molar-refractivity contribution in [3.05, 3.63) is 33.8 Å². The van der Waals surface area contributed by atoms with E-state index in [4.69, 9.17) is 28.9 Å². The second kappa shape index (κ2) is 6.97. The molecular formula is C16H25Cl2N. The van der Waals surface area contributed by atoms with Crippen molar-refractivity contribution >= 4 is 23.2 Å². The van der Waals surface area contributed by atoms with Crippen LogP contribution in [0.3, 0.4) is 0 Å². The lowest BCUT2D eigenvalue weighted by Gasteiger charge is -2.25. The van der Waals surface area contributed by atoms with Crippen LogP contribution in [-0.4, -0.2) is 6.04 Å². The highest BCUT2D eigenvalue weighted by molar-refractivity contribution is 6.35. The first-order chi connectivity index (χ1) is 8.67. The molecule has 1 aromatic carbocycles. The van der Waals surface area contributed by atoms with Gasteiger partial charge in [0.1, 0.15) is 0 Å². The summed E-state index contributed by atoms with van der Waals surface area (Å²) in [5, 5.41) is 1.38. The van der Waals surface area contributed by atoms with Gasteiger partial charge in [-0.15, -0.1) is 0 Å². The van der Waals surface area contributed by atoms with E-state index in [0.717, 1.165) is 18.4 Å². The van der Waals surface area contributed by atoms with E-state index in [9.17, 15) is 0 Å². The van der Waals surface area contributed by atoms with Gasteiger partial charge in [-0.3, -0.25) is 0 Å². The molecule has 1 rings (SSSR count). The molecule has 0 saturated carbocycles. The third-order valence-electron chi connectivity index (χ3n) is 3.16. The smallest absolute Gasteiger partial charge is 0.0453 e. The Labute approximate surface area is 127 Å². The van der Waals surface area contributed by atoms with Crippen LogP contribution >= 0.6 is 23.2 Å². The standard InChI is InChI=1S/C16H25Cl2N/c1-11(10-16(2,3)4)7-14(19)8-12-5-6-13(17)9-15(12)18/h5-6,9,11,14H,7-8,10,19H2,1-4H3. The lowest BCUT2D eigenvalue weighted by Crippen LogP contribution is -2.27. The van der Waals surface area contributed by atoms with E-state index in [2.05, 4.69) is 27.7 Å². The van der Waals surface area contributed by atoms with Crippen molar-refractivity contribution in [2.45, 2.75) is 53.0 Å². The van der Waals surface area contributed by atoms with Crippen LogP contribution in [0.5, 0.6) is 0 Å². The summed E-state index contributed by atoms with van der Waals surface area (Å²) in [5.74, 6) is 0.626. The minimum atomic E-state index is 0.149. The monoisotopic (exact) mass is 301 g/mol. The summed E-state index contributed by atoms with van der Waals surface area (Å²) in [5.41, 5.74) is 7.68. The van der Waals surface area contributed by atoms with Crippen LogP contribution in [0.4, 0.5) is 0 Å². The fourth-order valence-corrected chi connectivity index (χ4v) is 3.18. The number of hydrogen-bond donors (Lipinski definition) is 1. The van der Waals surface area contributed by atoms with Crippen LogP contribution in [-0.2, 0) is 6.42 Å². The van der Waals surface area contributed by atoms with Crippen molar-refractivity contribution in [2.24, 2.45) is 17.1 Å². The average molecular weight is 302 g/mol. The van der Waals surface area contributed by atoms with Gasteiger partial charge >= 0.3 is 0 Å². The topological polar surface area (TPSA) is 26.0 Å². The van der Waals surface area contributed by atoms with Crippen LogP contribution in [0.1, 0.15) is 46.1 Å².